The molecular weight excluding hydrogens is 396 g/mol. The third kappa shape index (κ3) is 4.33. The normalized spacial score (nSPS) is 23.6. The van der Waals surface area contributed by atoms with Crippen molar-refractivity contribution in [2.75, 3.05) is 17.2 Å². The summed E-state index contributed by atoms with van der Waals surface area (Å²) >= 11 is 0. The van der Waals surface area contributed by atoms with Gasteiger partial charge in [-0.15, -0.1) is 0 Å². The highest BCUT2D eigenvalue weighted by atomic mass is 16.5. The first-order chi connectivity index (χ1) is 14.8. The van der Waals surface area contributed by atoms with Crippen molar-refractivity contribution < 1.29 is 19.4 Å². The molecule has 1 fully saturated rings. The van der Waals surface area contributed by atoms with Crippen LogP contribution in [-0.2, 0) is 4.79 Å². The van der Waals surface area contributed by atoms with Gasteiger partial charge in [0.05, 0.1) is 6.54 Å². The van der Waals surface area contributed by atoms with Gasteiger partial charge in [0, 0.05) is 12.1 Å². The fraction of sp³-hybridized carbons (Fsp3) is 0.478. The number of anilines is 2. The minimum atomic E-state index is -0.711. The highest BCUT2D eigenvalue weighted by Crippen LogP contribution is 2.39. The fourth-order valence-electron chi connectivity index (χ4n) is 4.81. The van der Waals surface area contributed by atoms with E-state index in [4.69, 9.17) is 15.6 Å². The van der Waals surface area contributed by atoms with Crippen LogP contribution in [0.15, 0.2) is 24.5 Å². The lowest BCUT2D eigenvalue weighted by atomic mass is 9.76. The zero-order valence-corrected chi connectivity index (χ0v) is 17.9. The number of nitrogens with zero attached hydrogens (tertiary/aromatic N) is 3. The van der Waals surface area contributed by atoms with Crippen LogP contribution in [0, 0.1) is 12.8 Å². The SMILES string of the molecule is Cc1cc(N2CC(C)Oc3ncnc(N)c3C2=O)ccc1C1CCC(CC(=O)O)CC1. The van der Waals surface area contributed by atoms with Gasteiger partial charge in [-0.1, -0.05) is 6.07 Å². The van der Waals surface area contributed by atoms with Gasteiger partial charge < -0.3 is 20.5 Å². The van der Waals surface area contributed by atoms with Gasteiger partial charge in [-0.05, 0) is 74.6 Å². The van der Waals surface area contributed by atoms with Gasteiger partial charge in [0.15, 0.2) is 0 Å². The molecule has 0 radical (unpaired) electrons. The molecule has 1 unspecified atom stereocenters. The molecule has 2 aromatic rings. The van der Waals surface area contributed by atoms with Crippen LogP contribution in [0.25, 0.3) is 0 Å². The maximum Gasteiger partial charge on any atom is 0.303 e. The number of aliphatic carboxylic acids is 1. The molecule has 1 aliphatic carbocycles. The molecule has 8 heteroatoms. The standard InChI is InChI=1S/C23H28N4O4/c1-13-9-17(7-8-18(13)16-5-3-15(4-6-16)10-19(28)29)27-11-14(2)31-22-20(23(27)30)21(24)25-12-26-22/h7-9,12,14-16H,3-6,10-11H2,1-2H3,(H,28,29)(H2,24,25,26). The highest BCUT2D eigenvalue weighted by Gasteiger charge is 2.32. The Bertz CT molecular complexity index is 1000. The van der Waals surface area contributed by atoms with E-state index in [1.807, 2.05) is 19.1 Å². The molecule has 1 atom stereocenters. The molecule has 0 saturated heterocycles. The van der Waals surface area contributed by atoms with E-state index >= 15 is 0 Å². The number of nitrogens with two attached hydrogens (primary N) is 1. The van der Waals surface area contributed by atoms with Crippen LogP contribution >= 0.6 is 0 Å². The molecule has 1 aromatic heterocycles. The molecule has 1 aliphatic heterocycles. The number of rotatable bonds is 4. The number of carboxylic acids is 1. The van der Waals surface area contributed by atoms with Crippen LogP contribution in [0.1, 0.15) is 66.4 Å². The van der Waals surface area contributed by atoms with Gasteiger partial charge in [0.2, 0.25) is 5.88 Å². The second-order valence-corrected chi connectivity index (χ2v) is 8.64. The number of carbonyl (C=O) groups excluding carboxylic acids is 1. The summed E-state index contributed by atoms with van der Waals surface area (Å²) in [5.41, 5.74) is 9.35. The van der Waals surface area contributed by atoms with Crippen LogP contribution in [0.5, 0.6) is 5.88 Å². The van der Waals surface area contributed by atoms with Crippen molar-refractivity contribution in [1.82, 2.24) is 9.97 Å². The van der Waals surface area contributed by atoms with E-state index in [-0.39, 0.29) is 41.6 Å². The molecular formula is C23H28N4O4. The minimum absolute atomic E-state index is 0.112. The van der Waals surface area contributed by atoms with E-state index in [1.165, 1.54) is 11.9 Å². The second-order valence-electron chi connectivity index (χ2n) is 8.64. The van der Waals surface area contributed by atoms with Crippen LogP contribution in [0.4, 0.5) is 11.5 Å². The van der Waals surface area contributed by atoms with Crippen molar-refractivity contribution in [1.29, 1.82) is 0 Å². The van der Waals surface area contributed by atoms with Crippen molar-refractivity contribution in [2.24, 2.45) is 5.92 Å². The molecule has 164 valence electrons. The van der Waals surface area contributed by atoms with Gasteiger partial charge in [-0.25, -0.2) is 9.97 Å². The molecule has 1 aromatic carbocycles. The maximum atomic E-state index is 13.3. The molecule has 2 aliphatic rings. The average molecular weight is 425 g/mol. The number of aromatic nitrogens is 2. The number of amides is 1. The molecule has 4 rings (SSSR count). The summed E-state index contributed by atoms with van der Waals surface area (Å²) in [5.74, 6) is 0.0541. The summed E-state index contributed by atoms with van der Waals surface area (Å²) in [4.78, 5) is 34.0. The molecule has 31 heavy (non-hydrogen) atoms. The first-order valence-electron chi connectivity index (χ1n) is 10.7. The number of ether oxygens (including phenoxy) is 1. The lowest BCUT2D eigenvalue weighted by Gasteiger charge is -2.30. The first kappa shape index (κ1) is 21.1. The third-order valence-electron chi connectivity index (χ3n) is 6.37. The Morgan fingerprint density at radius 1 is 1.26 bits per heavy atom. The summed E-state index contributed by atoms with van der Waals surface area (Å²) in [6.45, 7) is 4.34. The molecule has 0 bridgehead atoms. The smallest absolute Gasteiger partial charge is 0.303 e. The van der Waals surface area contributed by atoms with Crippen LogP contribution in [0.2, 0.25) is 0 Å². The van der Waals surface area contributed by atoms with E-state index in [0.717, 1.165) is 36.9 Å². The molecule has 3 N–H and O–H groups in total. The number of carboxylic acid groups (broad SMARTS) is 1. The van der Waals surface area contributed by atoms with Crippen molar-refractivity contribution in [2.45, 2.75) is 58.0 Å². The zero-order chi connectivity index (χ0) is 22.1. The van der Waals surface area contributed by atoms with Crippen molar-refractivity contribution in [3.63, 3.8) is 0 Å². The van der Waals surface area contributed by atoms with Gasteiger partial charge in [-0.2, -0.15) is 0 Å². The molecule has 2 heterocycles. The molecule has 1 saturated carbocycles. The van der Waals surface area contributed by atoms with E-state index in [0.29, 0.717) is 12.5 Å². The number of nitrogen functional groups attached to an aromatic ring is 1. The largest absolute Gasteiger partial charge is 0.481 e. The Morgan fingerprint density at radius 3 is 2.68 bits per heavy atom. The number of fused-ring (bicyclic) bond motifs is 1. The van der Waals surface area contributed by atoms with E-state index in [2.05, 4.69) is 23.0 Å². The number of hydrogen-bond acceptors (Lipinski definition) is 6. The Hall–Kier alpha value is -3.16. The second kappa shape index (κ2) is 8.53. The summed E-state index contributed by atoms with van der Waals surface area (Å²) in [6.07, 6.45) is 5.18. The first-order valence-corrected chi connectivity index (χ1v) is 10.7. The Kier molecular flexibility index (Phi) is 5.80. The quantitative estimate of drug-likeness (QED) is 0.770. The lowest BCUT2D eigenvalue weighted by Crippen LogP contribution is -2.36. The van der Waals surface area contributed by atoms with Crippen LogP contribution < -0.4 is 15.4 Å². The van der Waals surface area contributed by atoms with Gasteiger partial charge in [0.1, 0.15) is 23.8 Å². The third-order valence-corrected chi connectivity index (χ3v) is 6.37. The van der Waals surface area contributed by atoms with Crippen molar-refractivity contribution in [3.05, 3.63) is 41.2 Å². The van der Waals surface area contributed by atoms with Crippen molar-refractivity contribution >= 4 is 23.4 Å². The van der Waals surface area contributed by atoms with Crippen LogP contribution in [-0.4, -0.2) is 39.6 Å². The summed E-state index contributed by atoms with van der Waals surface area (Å²) in [7, 11) is 0. The molecule has 0 spiro atoms. The number of benzene rings is 1. The van der Waals surface area contributed by atoms with E-state index < -0.39 is 5.97 Å². The van der Waals surface area contributed by atoms with Crippen molar-refractivity contribution in [3.8, 4) is 5.88 Å². The molecule has 1 amide bonds. The Morgan fingerprint density at radius 2 is 2.00 bits per heavy atom. The average Bonchev–Trinajstić information content (AvgIpc) is 2.85. The Labute approximate surface area is 181 Å². The predicted octanol–water partition coefficient (Wildman–Crippen LogP) is 3.54. The Balaban J connectivity index is 1.56. The summed E-state index contributed by atoms with van der Waals surface area (Å²) < 4.78 is 5.81. The number of carbonyl (C=O) groups is 2. The number of hydrogen-bond donors (Lipinski definition) is 2. The minimum Gasteiger partial charge on any atom is -0.481 e. The van der Waals surface area contributed by atoms with Gasteiger partial charge in [0.25, 0.3) is 5.91 Å². The van der Waals surface area contributed by atoms with E-state index in [1.54, 1.807) is 4.90 Å². The predicted molar refractivity (Wildman–Crippen MR) is 116 cm³/mol. The lowest BCUT2D eigenvalue weighted by molar-refractivity contribution is -0.138. The highest BCUT2D eigenvalue weighted by molar-refractivity contribution is 6.10. The van der Waals surface area contributed by atoms with Crippen LogP contribution in [0.3, 0.4) is 0 Å². The fourth-order valence-corrected chi connectivity index (χ4v) is 4.81. The topological polar surface area (TPSA) is 119 Å². The summed E-state index contributed by atoms with van der Waals surface area (Å²) in [6, 6.07) is 6.11. The maximum absolute atomic E-state index is 13.3. The molecule has 8 nitrogen and oxygen atoms in total. The zero-order valence-electron chi connectivity index (χ0n) is 17.9. The monoisotopic (exact) mass is 424 g/mol. The van der Waals surface area contributed by atoms with Gasteiger partial charge in [-0.3, -0.25) is 9.59 Å². The number of aryl methyl sites for hydroxylation is 1. The van der Waals surface area contributed by atoms with E-state index in [9.17, 15) is 9.59 Å². The van der Waals surface area contributed by atoms with Gasteiger partial charge >= 0.3 is 5.97 Å². The summed E-state index contributed by atoms with van der Waals surface area (Å²) in [5, 5.41) is 9.03.